The lowest BCUT2D eigenvalue weighted by molar-refractivity contribution is 0.459. The number of aromatic nitrogens is 1. The van der Waals surface area contributed by atoms with Gasteiger partial charge in [0.15, 0.2) is 0 Å². The molecule has 6 heteroatoms. The number of hydrogen-bond acceptors (Lipinski definition) is 4. The van der Waals surface area contributed by atoms with E-state index in [4.69, 9.17) is 5.73 Å². The summed E-state index contributed by atoms with van der Waals surface area (Å²) < 4.78 is 25.4. The molecular formula is C10H17N3O2S. The van der Waals surface area contributed by atoms with Crippen molar-refractivity contribution >= 4 is 15.7 Å². The van der Waals surface area contributed by atoms with Crippen molar-refractivity contribution < 1.29 is 8.42 Å². The number of rotatable bonds is 5. The van der Waals surface area contributed by atoms with Crippen LogP contribution in [-0.4, -0.2) is 31.3 Å². The van der Waals surface area contributed by atoms with Crippen molar-refractivity contribution in [3.05, 3.63) is 18.5 Å². The fourth-order valence-electron chi connectivity index (χ4n) is 1.26. The summed E-state index contributed by atoms with van der Waals surface area (Å²) in [4.78, 5) is 3.93. The minimum Gasteiger partial charge on any atom is -0.397 e. The van der Waals surface area contributed by atoms with Gasteiger partial charge in [-0.05, 0) is 12.5 Å². The molecule has 0 saturated carbocycles. The highest BCUT2D eigenvalue weighted by atomic mass is 32.2. The van der Waals surface area contributed by atoms with Crippen LogP contribution in [0.3, 0.4) is 0 Å². The van der Waals surface area contributed by atoms with E-state index in [1.807, 2.05) is 6.92 Å². The Hall–Kier alpha value is -1.14. The standard InChI is InChI=1S/C10H17N3O2S/c1-3-4-5-13(2)16(14,15)10-6-9(11)7-12-8-10/h6-8H,3-5,11H2,1-2H3. The average Bonchev–Trinajstić information content (AvgIpc) is 2.25. The van der Waals surface area contributed by atoms with Crippen molar-refractivity contribution in [2.75, 3.05) is 19.3 Å². The zero-order valence-electron chi connectivity index (χ0n) is 9.55. The van der Waals surface area contributed by atoms with E-state index in [1.165, 1.54) is 22.8 Å². The van der Waals surface area contributed by atoms with Crippen LogP contribution >= 0.6 is 0 Å². The Morgan fingerprint density at radius 3 is 2.69 bits per heavy atom. The molecule has 0 aliphatic carbocycles. The van der Waals surface area contributed by atoms with Crippen LogP contribution in [0.15, 0.2) is 23.4 Å². The minimum atomic E-state index is -3.44. The zero-order chi connectivity index (χ0) is 12.2. The number of sulfonamides is 1. The van der Waals surface area contributed by atoms with Gasteiger partial charge in [-0.1, -0.05) is 13.3 Å². The van der Waals surface area contributed by atoms with Gasteiger partial charge in [-0.3, -0.25) is 4.98 Å². The summed E-state index contributed by atoms with van der Waals surface area (Å²) in [7, 11) is -1.88. The number of nitrogens with zero attached hydrogens (tertiary/aromatic N) is 2. The van der Waals surface area contributed by atoms with Crippen molar-refractivity contribution in [1.29, 1.82) is 0 Å². The maximum atomic E-state index is 12.0. The maximum absolute atomic E-state index is 12.0. The summed E-state index contributed by atoms with van der Waals surface area (Å²) in [6.45, 7) is 2.52. The van der Waals surface area contributed by atoms with Gasteiger partial charge in [0, 0.05) is 26.0 Å². The van der Waals surface area contributed by atoms with Gasteiger partial charge >= 0.3 is 0 Å². The molecule has 0 atom stereocenters. The first-order valence-corrected chi connectivity index (χ1v) is 6.59. The SMILES string of the molecule is CCCCN(C)S(=O)(=O)c1cncc(N)c1. The molecule has 0 bridgehead atoms. The van der Waals surface area contributed by atoms with Crippen molar-refractivity contribution in [3.63, 3.8) is 0 Å². The molecule has 90 valence electrons. The first kappa shape index (κ1) is 12.9. The van der Waals surface area contributed by atoms with Gasteiger partial charge in [0.05, 0.1) is 5.69 Å². The van der Waals surface area contributed by atoms with Crippen molar-refractivity contribution in [3.8, 4) is 0 Å². The first-order chi connectivity index (χ1) is 7.48. The molecule has 0 aliphatic heterocycles. The lowest BCUT2D eigenvalue weighted by Crippen LogP contribution is -2.28. The molecular weight excluding hydrogens is 226 g/mol. The van der Waals surface area contributed by atoms with Crippen LogP contribution in [0.4, 0.5) is 5.69 Å². The Morgan fingerprint density at radius 1 is 1.44 bits per heavy atom. The van der Waals surface area contributed by atoms with Gasteiger partial charge in [-0.2, -0.15) is 0 Å². The van der Waals surface area contributed by atoms with Gasteiger partial charge in [0.1, 0.15) is 4.90 Å². The van der Waals surface area contributed by atoms with Crippen LogP contribution < -0.4 is 5.73 Å². The third-order valence-electron chi connectivity index (χ3n) is 2.27. The van der Waals surface area contributed by atoms with Crippen LogP contribution in [0.25, 0.3) is 0 Å². The van der Waals surface area contributed by atoms with Gasteiger partial charge in [0.25, 0.3) is 0 Å². The van der Waals surface area contributed by atoms with Crippen LogP contribution in [-0.2, 0) is 10.0 Å². The third kappa shape index (κ3) is 2.93. The molecule has 1 heterocycles. The predicted octanol–water partition coefficient (Wildman–Crippen LogP) is 1.08. The van der Waals surface area contributed by atoms with Crippen molar-refractivity contribution in [2.24, 2.45) is 0 Å². The molecule has 0 amide bonds. The number of nitrogens with two attached hydrogens (primary N) is 1. The second-order valence-electron chi connectivity index (χ2n) is 3.63. The first-order valence-electron chi connectivity index (χ1n) is 5.15. The summed E-state index contributed by atoms with van der Waals surface area (Å²) in [5.41, 5.74) is 5.86. The Labute approximate surface area is 96.3 Å². The highest BCUT2D eigenvalue weighted by molar-refractivity contribution is 7.89. The maximum Gasteiger partial charge on any atom is 0.244 e. The quantitative estimate of drug-likeness (QED) is 0.839. The molecule has 0 fully saturated rings. The molecule has 16 heavy (non-hydrogen) atoms. The van der Waals surface area contributed by atoms with E-state index in [9.17, 15) is 8.42 Å². The Morgan fingerprint density at radius 2 is 2.12 bits per heavy atom. The van der Waals surface area contributed by atoms with E-state index < -0.39 is 10.0 Å². The number of unbranched alkanes of at least 4 members (excludes halogenated alkanes) is 1. The monoisotopic (exact) mass is 243 g/mol. The lowest BCUT2D eigenvalue weighted by atomic mass is 10.3. The van der Waals surface area contributed by atoms with E-state index in [0.29, 0.717) is 12.2 Å². The Bertz CT molecular complexity index is 445. The molecule has 0 radical (unpaired) electrons. The molecule has 1 rings (SSSR count). The van der Waals surface area contributed by atoms with E-state index in [2.05, 4.69) is 4.98 Å². The van der Waals surface area contributed by atoms with Crippen molar-refractivity contribution in [1.82, 2.24) is 9.29 Å². The summed E-state index contributed by atoms with van der Waals surface area (Å²) in [5, 5.41) is 0. The minimum absolute atomic E-state index is 0.145. The summed E-state index contributed by atoms with van der Waals surface area (Å²) in [6, 6.07) is 1.42. The second kappa shape index (κ2) is 5.27. The van der Waals surface area contributed by atoms with Crippen LogP contribution in [0.2, 0.25) is 0 Å². The number of nitrogen functional groups attached to an aromatic ring is 1. The molecule has 0 unspecified atom stereocenters. The van der Waals surface area contributed by atoms with Crippen LogP contribution in [0, 0.1) is 0 Å². The molecule has 0 saturated heterocycles. The average molecular weight is 243 g/mol. The number of anilines is 1. The summed E-state index contributed by atoms with van der Waals surface area (Å²) in [5.74, 6) is 0. The largest absolute Gasteiger partial charge is 0.397 e. The van der Waals surface area contributed by atoms with Gasteiger partial charge in [-0.25, -0.2) is 12.7 Å². The molecule has 1 aromatic heterocycles. The number of pyridine rings is 1. The Balaban J connectivity index is 2.93. The van der Waals surface area contributed by atoms with E-state index in [-0.39, 0.29) is 4.90 Å². The van der Waals surface area contributed by atoms with E-state index >= 15 is 0 Å². The normalized spacial score (nSPS) is 11.9. The van der Waals surface area contributed by atoms with E-state index in [0.717, 1.165) is 12.8 Å². The fourth-order valence-corrected chi connectivity index (χ4v) is 2.47. The molecule has 1 aromatic rings. The number of hydrogen-bond donors (Lipinski definition) is 1. The molecule has 0 aromatic carbocycles. The second-order valence-corrected chi connectivity index (χ2v) is 5.68. The summed E-state index contributed by atoms with van der Waals surface area (Å²) in [6.07, 6.45) is 4.53. The zero-order valence-corrected chi connectivity index (χ0v) is 10.4. The fraction of sp³-hybridized carbons (Fsp3) is 0.500. The lowest BCUT2D eigenvalue weighted by Gasteiger charge is -2.16. The van der Waals surface area contributed by atoms with Crippen LogP contribution in [0.1, 0.15) is 19.8 Å². The van der Waals surface area contributed by atoms with Gasteiger partial charge in [-0.15, -0.1) is 0 Å². The van der Waals surface area contributed by atoms with Crippen molar-refractivity contribution in [2.45, 2.75) is 24.7 Å². The molecule has 2 N–H and O–H groups in total. The van der Waals surface area contributed by atoms with Crippen LogP contribution in [0.5, 0.6) is 0 Å². The van der Waals surface area contributed by atoms with Gasteiger partial charge in [0.2, 0.25) is 10.0 Å². The summed E-state index contributed by atoms with van der Waals surface area (Å²) >= 11 is 0. The highest BCUT2D eigenvalue weighted by Crippen LogP contribution is 2.15. The topological polar surface area (TPSA) is 76.3 Å². The molecule has 5 nitrogen and oxygen atoms in total. The smallest absolute Gasteiger partial charge is 0.244 e. The van der Waals surface area contributed by atoms with Gasteiger partial charge < -0.3 is 5.73 Å². The predicted molar refractivity (Wildman–Crippen MR) is 63.4 cm³/mol. The Kier molecular flexibility index (Phi) is 4.26. The van der Waals surface area contributed by atoms with E-state index in [1.54, 1.807) is 7.05 Å². The molecule has 0 aliphatic rings. The highest BCUT2D eigenvalue weighted by Gasteiger charge is 2.20. The third-order valence-corrected chi connectivity index (χ3v) is 4.09. The molecule has 0 spiro atoms.